The molecule has 0 bridgehead atoms. The quantitative estimate of drug-likeness (QED) is 0.525. The molecular weight excluding hydrogens is 212 g/mol. The Morgan fingerprint density at radius 2 is 2.00 bits per heavy atom. The van der Waals surface area contributed by atoms with Crippen molar-refractivity contribution >= 4 is 5.94 Å². The molecule has 0 aromatic heterocycles. The van der Waals surface area contributed by atoms with Crippen molar-refractivity contribution in [2.75, 3.05) is 19.6 Å². The molecule has 0 fully saturated rings. The lowest BCUT2D eigenvalue weighted by molar-refractivity contribution is 0.563. The van der Waals surface area contributed by atoms with Crippen LogP contribution in [0.25, 0.3) is 0 Å². The molecule has 17 heavy (non-hydrogen) atoms. The molecule has 3 N–H and O–H groups in total. The fourth-order valence-electron chi connectivity index (χ4n) is 1.67. The van der Waals surface area contributed by atoms with Crippen molar-refractivity contribution in [1.29, 1.82) is 0 Å². The summed E-state index contributed by atoms with van der Waals surface area (Å²) < 4.78 is 0. The Labute approximate surface area is 103 Å². The number of nitrogens with two attached hydrogens (primary N) is 1. The van der Waals surface area contributed by atoms with E-state index in [9.17, 15) is 4.79 Å². The van der Waals surface area contributed by atoms with Crippen molar-refractivity contribution < 1.29 is 4.79 Å². The summed E-state index contributed by atoms with van der Waals surface area (Å²) in [5.41, 5.74) is 7.37. The second-order valence-corrected chi connectivity index (χ2v) is 4.01. The van der Waals surface area contributed by atoms with Crippen LogP contribution >= 0.6 is 0 Å². The number of allylic oxidation sites excluding steroid dienone is 1. The summed E-state index contributed by atoms with van der Waals surface area (Å²) in [7, 11) is 0. The Balaban J connectivity index is 2.28. The average molecular weight is 232 g/mol. The molecule has 1 aromatic rings. The average Bonchev–Trinajstić information content (AvgIpc) is 2.38. The van der Waals surface area contributed by atoms with Crippen molar-refractivity contribution in [1.82, 2.24) is 5.32 Å². The van der Waals surface area contributed by atoms with Crippen molar-refractivity contribution in [3.8, 4) is 0 Å². The number of carbonyl (C=O) groups excluding carboxylic acids is 1. The van der Waals surface area contributed by atoms with Gasteiger partial charge in [0.25, 0.3) is 0 Å². The first-order valence-corrected chi connectivity index (χ1v) is 6.04. The van der Waals surface area contributed by atoms with Crippen LogP contribution in [-0.2, 0) is 11.2 Å². The van der Waals surface area contributed by atoms with E-state index in [0.29, 0.717) is 13.0 Å². The first kappa shape index (κ1) is 13.7. The highest BCUT2D eigenvalue weighted by Crippen LogP contribution is 2.10. The molecule has 0 radical (unpaired) electrons. The van der Waals surface area contributed by atoms with Crippen LogP contribution in [0.5, 0.6) is 0 Å². The monoisotopic (exact) mass is 232 g/mol. The second-order valence-electron chi connectivity index (χ2n) is 4.01. The van der Waals surface area contributed by atoms with Crippen LogP contribution in [0.3, 0.4) is 0 Å². The molecule has 0 spiro atoms. The largest absolute Gasteiger partial charge is 0.329 e. The van der Waals surface area contributed by atoms with Crippen molar-refractivity contribution in [2.24, 2.45) is 5.73 Å². The van der Waals surface area contributed by atoms with Crippen molar-refractivity contribution in [3.05, 3.63) is 41.5 Å². The van der Waals surface area contributed by atoms with Gasteiger partial charge in [-0.2, -0.15) is 0 Å². The maximum absolute atomic E-state index is 10.8. The van der Waals surface area contributed by atoms with Crippen molar-refractivity contribution in [3.63, 3.8) is 0 Å². The van der Waals surface area contributed by atoms with Gasteiger partial charge in [-0.05, 0) is 24.9 Å². The lowest BCUT2D eigenvalue weighted by Gasteiger charge is -2.05. The molecule has 0 atom stereocenters. The minimum atomic E-state index is 0.653. The standard InChI is InChI=1S/C14H20N2O/c15-8-10-16-9-4-7-14(12-17)11-13-5-2-1-3-6-13/h1-3,5-6,16H,4,7-11,15H2. The van der Waals surface area contributed by atoms with Crippen LogP contribution in [0, 0.1) is 0 Å². The highest BCUT2D eigenvalue weighted by Gasteiger charge is 2.00. The van der Waals surface area contributed by atoms with E-state index < -0.39 is 0 Å². The minimum absolute atomic E-state index is 0.653. The predicted molar refractivity (Wildman–Crippen MR) is 70.5 cm³/mol. The fraction of sp³-hybridized carbons (Fsp3) is 0.429. The molecule has 0 saturated heterocycles. The number of benzene rings is 1. The molecule has 92 valence electrons. The molecule has 0 aliphatic rings. The van der Waals surface area contributed by atoms with Gasteiger partial charge in [0.05, 0.1) is 0 Å². The summed E-state index contributed by atoms with van der Waals surface area (Å²) in [5, 5.41) is 3.21. The van der Waals surface area contributed by atoms with Gasteiger partial charge in [-0.15, -0.1) is 0 Å². The number of nitrogens with one attached hydrogen (secondary N) is 1. The van der Waals surface area contributed by atoms with Gasteiger partial charge in [-0.25, -0.2) is 4.79 Å². The Kier molecular flexibility index (Phi) is 6.99. The zero-order valence-corrected chi connectivity index (χ0v) is 10.1. The highest BCUT2D eigenvalue weighted by molar-refractivity contribution is 5.53. The predicted octanol–water partition coefficient (Wildman–Crippen LogP) is 1.32. The first-order chi connectivity index (χ1) is 8.36. The molecule has 0 heterocycles. The lowest BCUT2D eigenvalue weighted by Crippen LogP contribution is -2.23. The Hall–Kier alpha value is -1.41. The summed E-state index contributed by atoms with van der Waals surface area (Å²) >= 11 is 0. The SMILES string of the molecule is NCCNCCCC(=C=O)Cc1ccccc1. The van der Waals surface area contributed by atoms with Crippen LogP contribution in [0.4, 0.5) is 0 Å². The van der Waals surface area contributed by atoms with E-state index in [1.807, 2.05) is 30.3 Å². The number of hydrogen-bond acceptors (Lipinski definition) is 3. The molecule has 1 rings (SSSR count). The Morgan fingerprint density at radius 3 is 2.65 bits per heavy atom. The normalized spacial score (nSPS) is 9.94. The molecule has 0 aliphatic carbocycles. The molecule has 3 nitrogen and oxygen atoms in total. The van der Waals surface area contributed by atoms with Crippen LogP contribution in [-0.4, -0.2) is 25.6 Å². The van der Waals surface area contributed by atoms with Crippen LogP contribution in [0.15, 0.2) is 35.9 Å². The number of hydrogen-bond donors (Lipinski definition) is 2. The van der Waals surface area contributed by atoms with E-state index in [2.05, 4.69) is 11.3 Å². The van der Waals surface area contributed by atoms with Gasteiger partial charge in [0.1, 0.15) is 5.94 Å². The third-order valence-corrected chi connectivity index (χ3v) is 2.56. The molecular formula is C14H20N2O. The van der Waals surface area contributed by atoms with Gasteiger partial charge in [0.15, 0.2) is 0 Å². The number of rotatable bonds is 8. The van der Waals surface area contributed by atoms with E-state index in [0.717, 1.165) is 31.5 Å². The Bertz CT molecular complexity index is 356. The first-order valence-electron chi connectivity index (χ1n) is 6.04. The summed E-state index contributed by atoms with van der Waals surface area (Å²) in [6.45, 7) is 2.39. The molecule has 3 heteroatoms. The zero-order valence-electron chi connectivity index (χ0n) is 10.1. The van der Waals surface area contributed by atoms with E-state index in [1.54, 1.807) is 0 Å². The van der Waals surface area contributed by atoms with E-state index in [-0.39, 0.29) is 0 Å². The highest BCUT2D eigenvalue weighted by atomic mass is 16.1. The summed E-state index contributed by atoms with van der Waals surface area (Å²) in [6.07, 6.45) is 2.47. The van der Waals surface area contributed by atoms with Gasteiger partial charge in [0.2, 0.25) is 0 Å². The van der Waals surface area contributed by atoms with Crippen LogP contribution in [0.2, 0.25) is 0 Å². The van der Waals surface area contributed by atoms with E-state index in [4.69, 9.17) is 5.73 Å². The minimum Gasteiger partial charge on any atom is -0.329 e. The fourth-order valence-corrected chi connectivity index (χ4v) is 1.67. The van der Waals surface area contributed by atoms with Crippen molar-refractivity contribution in [2.45, 2.75) is 19.3 Å². The Morgan fingerprint density at radius 1 is 1.24 bits per heavy atom. The molecule has 1 aromatic carbocycles. The van der Waals surface area contributed by atoms with Gasteiger partial charge >= 0.3 is 0 Å². The van der Waals surface area contributed by atoms with Crippen LogP contribution < -0.4 is 11.1 Å². The molecule has 0 aliphatic heterocycles. The van der Waals surface area contributed by atoms with Crippen LogP contribution in [0.1, 0.15) is 18.4 Å². The van der Waals surface area contributed by atoms with Gasteiger partial charge < -0.3 is 11.1 Å². The molecule has 0 unspecified atom stereocenters. The molecule has 0 saturated carbocycles. The van der Waals surface area contributed by atoms with E-state index >= 15 is 0 Å². The topological polar surface area (TPSA) is 55.1 Å². The maximum atomic E-state index is 10.8. The lowest BCUT2D eigenvalue weighted by atomic mass is 10.0. The molecule has 0 amide bonds. The third kappa shape index (κ3) is 6.03. The summed E-state index contributed by atoms with van der Waals surface area (Å²) in [4.78, 5) is 10.8. The zero-order chi connectivity index (χ0) is 12.3. The smallest absolute Gasteiger partial charge is 0.123 e. The maximum Gasteiger partial charge on any atom is 0.123 e. The summed E-state index contributed by atoms with van der Waals surface area (Å²) in [6, 6.07) is 10.0. The third-order valence-electron chi connectivity index (χ3n) is 2.56. The van der Waals surface area contributed by atoms with Gasteiger partial charge in [0, 0.05) is 25.1 Å². The second kappa shape index (κ2) is 8.71. The van der Waals surface area contributed by atoms with E-state index in [1.165, 1.54) is 5.56 Å². The van der Waals surface area contributed by atoms with Gasteiger partial charge in [-0.3, -0.25) is 0 Å². The van der Waals surface area contributed by atoms with Gasteiger partial charge in [-0.1, -0.05) is 30.3 Å². The summed E-state index contributed by atoms with van der Waals surface area (Å²) in [5.74, 6) is 2.06.